The van der Waals surface area contributed by atoms with E-state index in [1.807, 2.05) is 6.92 Å². The molecule has 0 aliphatic rings. The molecule has 0 unspecified atom stereocenters. The minimum Gasteiger partial charge on any atom is -0.332 e. The fraction of sp³-hybridized carbons (Fsp3) is 0.182. The highest BCUT2D eigenvalue weighted by Gasteiger charge is 2.20. The number of aromatic amines is 1. The normalized spacial score (nSPS) is 11.6. The van der Waals surface area contributed by atoms with Gasteiger partial charge in [0.25, 0.3) is 10.0 Å². The van der Waals surface area contributed by atoms with Gasteiger partial charge >= 0.3 is 0 Å². The number of nitrogens with one attached hydrogen (secondary N) is 2. The van der Waals surface area contributed by atoms with E-state index in [-0.39, 0.29) is 20.8 Å². The fourth-order valence-electron chi connectivity index (χ4n) is 1.49. The molecule has 0 atom stereocenters. The highest BCUT2D eigenvalue weighted by atomic mass is 35.5. The number of imidazole rings is 1. The van der Waals surface area contributed by atoms with Crippen molar-refractivity contribution in [3.8, 4) is 0 Å². The lowest BCUT2D eigenvalue weighted by molar-refractivity contribution is 0.597. The Morgan fingerprint density at radius 1 is 1.35 bits per heavy atom. The van der Waals surface area contributed by atoms with Crippen LogP contribution in [0.15, 0.2) is 23.4 Å². The Labute approximate surface area is 125 Å². The molecule has 1 heterocycles. The van der Waals surface area contributed by atoms with Gasteiger partial charge in [0.15, 0.2) is 5.03 Å². The van der Waals surface area contributed by atoms with Crippen molar-refractivity contribution in [1.82, 2.24) is 9.97 Å². The first-order chi connectivity index (χ1) is 9.33. The van der Waals surface area contributed by atoms with E-state index in [0.29, 0.717) is 12.2 Å². The van der Waals surface area contributed by atoms with Crippen LogP contribution >= 0.6 is 23.2 Å². The molecule has 0 saturated heterocycles. The van der Waals surface area contributed by atoms with Gasteiger partial charge in [-0.2, -0.15) is 8.42 Å². The number of nitrogens with zero attached hydrogens (tertiary/aromatic N) is 1. The molecule has 0 fully saturated rings. The van der Waals surface area contributed by atoms with Crippen LogP contribution in [0.4, 0.5) is 10.1 Å². The summed E-state index contributed by atoms with van der Waals surface area (Å²) in [5, 5.41) is -0.381. The first kappa shape index (κ1) is 15.1. The molecule has 2 N–H and O–H groups in total. The van der Waals surface area contributed by atoms with Crippen molar-refractivity contribution < 1.29 is 12.8 Å². The van der Waals surface area contributed by atoms with E-state index in [0.717, 1.165) is 12.1 Å². The highest BCUT2D eigenvalue weighted by molar-refractivity contribution is 7.92. The molecule has 0 saturated carbocycles. The summed E-state index contributed by atoms with van der Waals surface area (Å²) in [5.74, 6) is -0.126. The topological polar surface area (TPSA) is 74.8 Å². The molecule has 1 aromatic carbocycles. The molecule has 0 radical (unpaired) electrons. The van der Waals surface area contributed by atoms with Crippen molar-refractivity contribution in [3.05, 3.63) is 40.0 Å². The zero-order valence-corrected chi connectivity index (χ0v) is 12.6. The van der Waals surface area contributed by atoms with Crippen LogP contribution in [0.2, 0.25) is 10.0 Å². The van der Waals surface area contributed by atoms with Crippen LogP contribution < -0.4 is 4.72 Å². The minimum absolute atomic E-state index is 0.0811. The molecule has 9 heteroatoms. The van der Waals surface area contributed by atoms with Crippen molar-refractivity contribution in [2.24, 2.45) is 0 Å². The Bertz CT molecular complexity index is 723. The molecule has 2 rings (SSSR count). The quantitative estimate of drug-likeness (QED) is 0.899. The van der Waals surface area contributed by atoms with Crippen LogP contribution in [-0.2, 0) is 16.4 Å². The van der Waals surface area contributed by atoms with Gasteiger partial charge in [0.1, 0.15) is 11.6 Å². The summed E-state index contributed by atoms with van der Waals surface area (Å²) >= 11 is 11.6. The predicted octanol–water partition coefficient (Wildman–Crippen LogP) is 3.22. The zero-order valence-electron chi connectivity index (χ0n) is 10.2. The summed E-state index contributed by atoms with van der Waals surface area (Å²) in [6.07, 6.45) is 1.75. The summed E-state index contributed by atoms with van der Waals surface area (Å²) in [5.41, 5.74) is -0.0811. The summed E-state index contributed by atoms with van der Waals surface area (Å²) in [7, 11) is -3.92. The SMILES string of the molecule is CCc1ncc(S(=O)(=O)Nc2c(Cl)cc(F)cc2Cl)[nH]1. The third-order valence-electron chi connectivity index (χ3n) is 2.47. The lowest BCUT2D eigenvalue weighted by Gasteiger charge is -2.10. The highest BCUT2D eigenvalue weighted by Crippen LogP contribution is 2.32. The Morgan fingerprint density at radius 3 is 2.45 bits per heavy atom. The molecule has 1 aromatic heterocycles. The summed E-state index contributed by atoms with van der Waals surface area (Å²) in [6.45, 7) is 1.83. The first-order valence-corrected chi connectivity index (χ1v) is 7.78. The Morgan fingerprint density at radius 2 is 1.95 bits per heavy atom. The molecular formula is C11H10Cl2FN3O2S. The van der Waals surface area contributed by atoms with Crippen molar-refractivity contribution >= 4 is 38.9 Å². The van der Waals surface area contributed by atoms with Crippen molar-refractivity contribution in [1.29, 1.82) is 0 Å². The maximum atomic E-state index is 13.1. The number of aromatic nitrogens is 2. The second kappa shape index (κ2) is 5.59. The van der Waals surface area contributed by atoms with Crippen LogP contribution in [0.25, 0.3) is 0 Å². The monoisotopic (exact) mass is 337 g/mol. The van der Waals surface area contributed by atoms with Crippen LogP contribution in [0.3, 0.4) is 0 Å². The lowest BCUT2D eigenvalue weighted by atomic mass is 10.3. The zero-order chi connectivity index (χ0) is 14.9. The fourth-order valence-corrected chi connectivity index (χ4v) is 3.20. The Balaban J connectivity index is 2.38. The number of sulfonamides is 1. The number of aryl methyl sites for hydroxylation is 1. The Kier molecular flexibility index (Phi) is 4.22. The van der Waals surface area contributed by atoms with E-state index in [1.165, 1.54) is 6.20 Å². The van der Waals surface area contributed by atoms with Gasteiger partial charge in [-0.05, 0) is 12.1 Å². The molecule has 0 aliphatic heterocycles. The van der Waals surface area contributed by atoms with Gasteiger partial charge in [-0.3, -0.25) is 4.72 Å². The maximum absolute atomic E-state index is 13.1. The van der Waals surface area contributed by atoms with Crippen molar-refractivity contribution in [3.63, 3.8) is 0 Å². The molecule has 20 heavy (non-hydrogen) atoms. The molecule has 0 aliphatic carbocycles. The molecule has 0 spiro atoms. The number of rotatable bonds is 4. The summed E-state index contributed by atoms with van der Waals surface area (Å²) in [6, 6.07) is 1.94. The van der Waals surface area contributed by atoms with E-state index >= 15 is 0 Å². The van der Waals surface area contributed by atoms with Crippen molar-refractivity contribution in [2.75, 3.05) is 4.72 Å². The van der Waals surface area contributed by atoms with Gasteiger partial charge in [-0.25, -0.2) is 9.37 Å². The number of hydrogen-bond acceptors (Lipinski definition) is 3. The maximum Gasteiger partial charge on any atom is 0.279 e. The van der Waals surface area contributed by atoms with Crippen LogP contribution in [0.5, 0.6) is 0 Å². The molecule has 5 nitrogen and oxygen atoms in total. The van der Waals surface area contributed by atoms with Gasteiger partial charge in [-0.1, -0.05) is 30.1 Å². The predicted molar refractivity (Wildman–Crippen MR) is 75.2 cm³/mol. The number of anilines is 1. The van der Waals surface area contributed by atoms with Crippen LogP contribution in [0.1, 0.15) is 12.7 Å². The average Bonchev–Trinajstić information content (AvgIpc) is 2.83. The molecule has 0 bridgehead atoms. The van der Waals surface area contributed by atoms with E-state index in [2.05, 4.69) is 14.7 Å². The number of H-pyrrole nitrogens is 1. The van der Waals surface area contributed by atoms with E-state index in [4.69, 9.17) is 23.2 Å². The molecule has 108 valence electrons. The second-order valence-electron chi connectivity index (χ2n) is 3.90. The third kappa shape index (κ3) is 3.05. The van der Waals surface area contributed by atoms with Crippen LogP contribution in [0, 0.1) is 5.82 Å². The van der Waals surface area contributed by atoms with Gasteiger partial charge in [0.2, 0.25) is 0 Å². The summed E-state index contributed by atoms with van der Waals surface area (Å²) < 4.78 is 39.5. The van der Waals surface area contributed by atoms with Gasteiger partial charge in [0.05, 0.1) is 21.9 Å². The molecular weight excluding hydrogens is 328 g/mol. The van der Waals surface area contributed by atoms with E-state index < -0.39 is 15.8 Å². The van der Waals surface area contributed by atoms with Crippen LogP contribution in [-0.4, -0.2) is 18.4 Å². The van der Waals surface area contributed by atoms with Gasteiger partial charge in [0, 0.05) is 6.42 Å². The molecule has 2 aromatic rings. The second-order valence-corrected chi connectivity index (χ2v) is 6.36. The largest absolute Gasteiger partial charge is 0.332 e. The number of halogens is 3. The summed E-state index contributed by atoms with van der Waals surface area (Å²) in [4.78, 5) is 6.55. The van der Waals surface area contributed by atoms with E-state index in [1.54, 1.807) is 0 Å². The molecule has 0 amide bonds. The Hall–Kier alpha value is -1.31. The smallest absolute Gasteiger partial charge is 0.279 e. The lowest BCUT2D eigenvalue weighted by Crippen LogP contribution is -2.14. The minimum atomic E-state index is -3.92. The van der Waals surface area contributed by atoms with Crippen molar-refractivity contribution in [2.45, 2.75) is 18.4 Å². The average molecular weight is 338 g/mol. The van der Waals surface area contributed by atoms with E-state index in [9.17, 15) is 12.8 Å². The van der Waals surface area contributed by atoms with Gasteiger partial charge in [-0.15, -0.1) is 0 Å². The number of hydrogen-bond donors (Lipinski definition) is 2. The standard InChI is InChI=1S/C11H10Cl2FN3O2S/c1-2-9-15-5-10(16-9)20(18,19)17-11-7(12)3-6(14)4-8(11)13/h3-5,17H,2H2,1H3,(H,15,16). The van der Waals surface area contributed by atoms with Gasteiger partial charge < -0.3 is 4.98 Å². The third-order valence-corrected chi connectivity index (χ3v) is 4.33. The number of benzene rings is 1. The first-order valence-electron chi connectivity index (χ1n) is 5.54.